The van der Waals surface area contributed by atoms with Crippen LogP contribution in [-0.4, -0.2) is 50.2 Å². The van der Waals surface area contributed by atoms with Crippen LogP contribution in [0.15, 0.2) is 78.9 Å². The first-order valence-corrected chi connectivity index (χ1v) is 13.0. The second-order valence-corrected chi connectivity index (χ2v) is 9.45. The highest BCUT2D eigenvalue weighted by Gasteiger charge is 2.19. The van der Waals surface area contributed by atoms with Crippen LogP contribution in [-0.2, 0) is 11.3 Å². The number of nitrogens with one attached hydrogen (secondary N) is 2. The molecule has 1 aliphatic rings. The Morgan fingerprint density at radius 2 is 1.78 bits per heavy atom. The normalized spacial score (nSPS) is 14.5. The highest BCUT2D eigenvalue weighted by atomic mass is 35.5. The summed E-state index contributed by atoms with van der Waals surface area (Å²) in [5.41, 5.74) is 2.74. The molecule has 0 bridgehead atoms. The van der Waals surface area contributed by atoms with E-state index in [1.165, 1.54) is 11.6 Å². The van der Waals surface area contributed by atoms with Gasteiger partial charge in [-0.1, -0.05) is 60.1 Å². The minimum absolute atomic E-state index is 0.250. The number of nitrogens with zero attached hydrogens (tertiary/aromatic N) is 1. The average molecular weight is 520 g/mol. The van der Waals surface area contributed by atoms with E-state index in [0.717, 1.165) is 44.6 Å². The summed E-state index contributed by atoms with van der Waals surface area (Å²) in [6, 6.07) is 23.8. The van der Waals surface area contributed by atoms with Crippen LogP contribution in [0.5, 0.6) is 11.5 Å². The van der Waals surface area contributed by atoms with E-state index in [2.05, 4.69) is 39.8 Å². The Morgan fingerprint density at radius 1 is 1.03 bits per heavy atom. The van der Waals surface area contributed by atoms with Gasteiger partial charge in [-0.2, -0.15) is 0 Å². The Balaban J connectivity index is 1.22. The number of anilines is 1. The molecule has 0 aliphatic carbocycles. The standard InChI is InChI=1S/C30H34ClN3O3/c1-36-28-13-12-26(33-30(35)14-11-24-9-5-6-10-27(24)31)21-29(28)37-20-19-34-17-15-25(16-18-34)32-22-23-7-3-2-4-8-23/h2-14,21,25,32H,15-20,22H2,1H3,(H,33,35)/b14-11+. The van der Waals surface area contributed by atoms with E-state index in [1.807, 2.05) is 24.3 Å². The summed E-state index contributed by atoms with van der Waals surface area (Å²) in [5.74, 6) is 0.989. The van der Waals surface area contributed by atoms with Crippen LogP contribution in [0.1, 0.15) is 24.0 Å². The maximum atomic E-state index is 12.4. The van der Waals surface area contributed by atoms with E-state index in [0.29, 0.717) is 34.9 Å². The van der Waals surface area contributed by atoms with Crippen LogP contribution < -0.4 is 20.1 Å². The number of likely N-dealkylation sites (tertiary alicyclic amines) is 1. The van der Waals surface area contributed by atoms with Crippen LogP contribution in [0.4, 0.5) is 5.69 Å². The predicted octanol–water partition coefficient (Wildman–Crippen LogP) is 5.63. The summed E-state index contributed by atoms with van der Waals surface area (Å²) in [6.45, 7) is 4.38. The molecule has 7 heteroatoms. The summed E-state index contributed by atoms with van der Waals surface area (Å²) in [5, 5.41) is 7.14. The number of piperidine rings is 1. The molecule has 0 aromatic heterocycles. The van der Waals surface area contributed by atoms with E-state index in [9.17, 15) is 4.79 Å². The highest BCUT2D eigenvalue weighted by Crippen LogP contribution is 2.30. The van der Waals surface area contributed by atoms with Crippen molar-refractivity contribution >= 4 is 29.3 Å². The van der Waals surface area contributed by atoms with Gasteiger partial charge in [-0.05, 0) is 61.3 Å². The fourth-order valence-electron chi connectivity index (χ4n) is 4.33. The van der Waals surface area contributed by atoms with Crippen molar-refractivity contribution in [2.24, 2.45) is 0 Å². The molecule has 6 nitrogen and oxygen atoms in total. The Bertz CT molecular complexity index is 1180. The first-order valence-electron chi connectivity index (χ1n) is 12.6. The van der Waals surface area contributed by atoms with Crippen molar-refractivity contribution in [3.8, 4) is 11.5 Å². The number of rotatable bonds is 11. The summed E-state index contributed by atoms with van der Waals surface area (Å²) in [4.78, 5) is 14.8. The lowest BCUT2D eigenvalue weighted by atomic mass is 10.0. The number of benzene rings is 3. The zero-order valence-corrected chi connectivity index (χ0v) is 21.9. The van der Waals surface area contributed by atoms with Gasteiger partial charge in [0.15, 0.2) is 11.5 Å². The number of carbonyl (C=O) groups excluding carboxylic acids is 1. The molecule has 4 rings (SSSR count). The molecule has 0 unspecified atom stereocenters. The van der Waals surface area contributed by atoms with E-state index >= 15 is 0 Å². The van der Waals surface area contributed by atoms with E-state index in [-0.39, 0.29) is 5.91 Å². The zero-order chi connectivity index (χ0) is 25.9. The molecule has 0 radical (unpaired) electrons. The summed E-state index contributed by atoms with van der Waals surface area (Å²) in [6.07, 6.45) is 5.40. The number of amides is 1. The minimum Gasteiger partial charge on any atom is -0.493 e. The maximum Gasteiger partial charge on any atom is 0.248 e. The van der Waals surface area contributed by atoms with Crippen molar-refractivity contribution in [3.05, 3.63) is 95.0 Å². The van der Waals surface area contributed by atoms with Crippen molar-refractivity contribution in [1.82, 2.24) is 10.2 Å². The topological polar surface area (TPSA) is 62.8 Å². The second-order valence-electron chi connectivity index (χ2n) is 9.04. The summed E-state index contributed by atoms with van der Waals surface area (Å²) >= 11 is 6.15. The van der Waals surface area contributed by atoms with Gasteiger partial charge in [0.05, 0.1) is 7.11 Å². The predicted molar refractivity (Wildman–Crippen MR) is 150 cm³/mol. The van der Waals surface area contributed by atoms with Gasteiger partial charge in [0.25, 0.3) is 0 Å². The van der Waals surface area contributed by atoms with Gasteiger partial charge < -0.3 is 20.1 Å². The first-order chi connectivity index (χ1) is 18.1. The average Bonchev–Trinajstić information content (AvgIpc) is 2.93. The van der Waals surface area contributed by atoms with Gasteiger partial charge in [-0.15, -0.1) is 0 Å². The second kappa shape index (κ2) is 13.8. The Morgan fingerprint density at radius 3 is 2.54 bits per heavy atom. The quantitative estimate of drug-likeness (QED) is 0.321. The molecule has 37 heavy (non-hydrogen) atoms. The van der Waals surface area contributed by atoms with Gasteiger partial charge in [0, 0.05) is 42.0 Å². The summed E-state index contributed by atoms with van der Waals surface area (Å²) in [7, 11) is 1.61. The van der Waals surface area contributed by atoms with Crippen LogP contribution in [0.2, 0.25) is 5.02 Å². The van der Waals surface area contributed by atoms with Crippen LogP contribution in [0, 0.1) is 0 Å². The lowest BCUT2D eigenvalue weighted by molar-refractivity contribution is -0.111. The molecular weight excluding hydrogens is 486 g/mol. The van der Waals surface area contributed by atoms with Crippen LogP contribution in [0.25, 0.3) is 6.08 Å². The largest absolute Gasteiger partial charge is 0.493 e. The minimum atomic E-state index is -0.250. The SMILES string of the molecule is COc1ccc(NC(=O)/C=C/c2ccccc2Cl)cc1OCCN1CCC(NCc2ccccc2)CC1. The lowest BCUT2D eigenvalue weighted by Crippen LogP contribution is -2.43. The number of ether oxygens (including phenoxy) is 2. The third kappa shape index (κ3) is 8.35. The molecule has 1 saturated heterocycles. The van der Waals surface area contributed by atoms with Gasteiger partial charge in [0.1, 0.15) is 6.61 Å². The molecule has 194 valence electrons. The number of methoxy groups -OCH3 is 1. The fraction of sp³-hybridized carbons (Fsp3) is 0.300. The third-order valence-corrected chi connectivity index (χ3v) is 6.79. The molecule has 0 saturated carbocycles. The molecule has 1 aliphatic heterocycles. The number of halogens is 1. The lowest BCUT2D eigenvalue weighted by Gasteiger charge is -2.32. The van der Waals surface area contributed by atoms with Crippen molar-refractivity contribution < 1.29 is 14.3 Å². The van der Waals surface area contributed by atoms with E-state index in [1.54, 1.807) is 37.5 Å². The van der Waals surface area contributed by atoms with Gasteiger partial charge in [-0.3, -0.25) is 9.69 Å². The molecular formula is C30H34ClN3O3. The Labute approximate surface area is 224 Å². The number of carbonyl (C=O) groups is 1. The number of hydrogen-bond donors (Lipinski definition) is 2. The zero-order valence-electron chi connectivity index (χ0n) is 21.2. The van der Waals surface area contributed by atoms with Crippen LogP contribution in [0.3, 0.4) is 0 Å². The molecule has 0 atom stereocenters. The Kier molecular flexibility index (Phi) is 10.0. The highest BCUT2D eigenvalue weighted by molar-refractivity contribution is 6.32. The van der Waals surface area contributed by atoms with Crippen molar-refractivity contribution in [2.75, 3.05) is 38.7 Å². The summed E-state index contributed by atoms with van der Waals surface area (Å²) < 4.78 is 11.5. The van der Waals surface area contributed by atoms with E-state index in [4.69, 9.17) is 21.1 Å². The fourth-order valence-corrected chi connectivity index (χ4v) is 4.53. The molecule has 0 spiro atoms. The van der Waals surface area contributed by atoms with Crippen molar-refractivity contribution in [1.29, 1.82) is 0 Å². The monoisotopic (exact) mass is 519 g/mol. The molecule has 2 N–H and O–H groups in total. The third-order valence-electron chi connectivity index (χ3n) is 6.44. The molecule has 1 amide bonds. The smallest absolute Gasteiger partial charge is 0.248 e. The van der Waals surface area contributed by atoms with E-state index < -0.39 is 0 Å². The maximum absolute atomic E-state index is 12.4. The first kappa shape index (κ1) is 26.7. The molecule has 1 fully saturated rings. The van der Waals surface area contributed by atoms with Gasteiger partial charge in [-0.25, -0.2) is 0 Å². The number of hydrogen-bond acceptors (Lipinski definition) is 5. The van der Waals surface area contributed by atoms with Crippen molar-refractivity contribution in [2.45, 2.75) is 25.4 Å². The molecule has 1 heterocycles. The van der Waals surface area contributed by atoms with Crippen LogP contribution >= 0.6 is 11.6 Å². The molecule has 3 aromatic rings. The van der Waals surface area contributed by atoms with Crippen molar-refractivity contribution in [3.63, 3.8) is 0 Å². The van der Waals surface area contributed by atoms with Gasteiger partial charge >= 0.3 is 0 Å². The molecule has 3 aromatic carbocycles. The Hall–Kier alpha value is -3.32. The van der Waals surface area contributed by atoms with Gasteiger partial charge in [0.2, 0.25) is 5.91 Å².